The molecule has 2 aliphatic heterocycles. The van der Waals surface area contributed by atoms with Crippen molar-refractivity contribution in [2.45, 2.75) is 50.5 Å². The van der Waals surface area contributed by atoms with Crippen molar-refractivity contribution in [3.63, 3.8) is 0 Å². The summed E-state index contributed by atoms with van der Waals surface area (Å²) in [7, 11) is 2.02. The number of amides is 1. The van der Waals surface area contributed by atoms with Gasteiger partial charge in [-0.3, -0.25) is 4.79 Å². The SMILES string of the molecule is CN1C(=O)CC[C@]12CCCN(CC1CC1)CC2. The maximum atomic E-state index is 11.7. The Kier molecular flexibility index (Phi) is 2.89. The highest BCUT2D eigenvalue weighted by molar-refractivity contribution is 5.79. The van der Waals surface area contributed by atoms with Crippen LogP contribution in [0.15, 0.2) is 0 Å². The molecule has 0 radical (unpaired) electrons. The molecule has 0 aromatic rings. The van der Waals surface area contributed by atoms with Crippen molar-refractivity contribution < 1.29 is 4.79 Å². The summed E-state index contributed by atoms with van der Waals surface area (Å²) in [5.41, 5.74) is 0.218. The minimum absolute atomic E-state index is 0.218. The molecular formula is C14H24N2O. The van der Waals surface area contributed by atoms with Crippen molar-refractivity contribution in [3.05, 3.63) is 0 Å². The van der Waals surface area contributed by atoms with Gasteiger partial charge in [-0.25, -0.2) is 0 Å². The van der Waals surface area contributed by atoms with Gasteiger partial charge in [0.25, 0.3) is 0 Å². The van der Waals surface area contributed by atoms with E-state index in [9.17, 15) is 4.79 Å². The van der Waals surface area contributed by atoms with Gasteiger partial charge in [-0.1, -0.05) is 0 Å². The van der Waals surface area contributed by atoms with Gasteiger partial charge in [-0.15, -0.1) is 0 Å². The van der Waals surface area contributed by atoms with Crippen LogP contribution in [0.2, 0.25) is 0 Å². The molecule has 17 heavy (non-hydrogen) atoms. The summed E-state index contributed by atoms with van der Waals surface area (Å²) in [6.07, 6.45) is 8.45. The van der Waals surface area contributed by atoms with E-state index in [0.29, 0.717) is 5.91 Å². The zero-order valence-electron chi connectivity index (χ0n) is 11.0. The molecule has 0 aromatic heterocycles. The lowest BCUT2D eigenvalue weighted by atomic mass is 9.88. The number of hydrogen-bond acceptors (Lipinski definition) is 2. The Labute approximate surface area is 104 Å². The fraction of sp³-hybridized carbons (Fsp3) is 0.929. The van der Waals surface area contributed by atoms with Crippen LogP contribution in [0.1, 0.15) is 44.9 Å². The highest BCUT2D eigenvalue weighted by Crippen LogP contribution is 2.38. The quantitative estimate of drug-likeness (QED) is 0.731. The summed E-state index contributed by atoms with van der Waals surface area (Å²) in [6, 6.07) is 0. The lowest BCUT2D eigenvalue weighted by Gasteiger charge is -2.35. The van der Waals surface area contributed by atoms with Gasteiger partial charge < -0.3 is 9.80 Å². The molecular weight excluding hydrogens is 212 g/mol. The number of nitrogens with zero attached hydrogens (tertiary/aromatic N) is 2. The number of carbonyl (C=O) groups excluding carboxylic acids is 1. The molecule has 3 aliphatic rings. The van der Waals surface area contributed by atoms with Gasteiger partial charge in [0.15, 0.2) is 0 Å². The lowest BCUT2D eigenvalue weighted by molar-refractivity contribution is -0.129. The smallest absolute Gasteiger partial charge is 0.222 e. The first-order valence-electron chi connectivity index (χ1n) is 7.19. The molecule has 1 atom stereocenters. The summed E-state index contributed by atoms with van der Waals surface area (Å²) in [5, 5.41) is 0. The molecule has 3 rings (SSSR count). The maximum Gasteiger partial charge on any atom is 0.222 e. The summed E-state index contributed by atoms with van der Waals surface area (Å²) in [4.78, 5) is 16.4. The number of likely N-dealkylation sites (tertiary alicyclic amines) is 2. The first kappa shape index (κ1) is 11.5. The van der Waals surface area contributed by atoms with Crippen molar-refractivity contribution in [1.82, 2.24) is 9.80 Å². The maximum absolute atomic E-state index is 11.7. The van der Waals surface area contributed by atoms with E-state index in [1.807, 2.05) is 7.05 Å². The second-order valence-electron chi connectivity index (χ2n) is 6.27. The van der Waals surface area contributed by atoms with Gasteiger partial charge in [0, 0.05) is 32.1 Å². The van der Waals surface area contributed by atoms with Gasteiger partial charge in [0.1, 0.15) is 0 Å². The van der Waals surface area contributed by atoms with E-state index < -0.39 is 0 Å². The fourth-order valence-electron chi connectivity index (χ4n) is 3.61. The van der Waals surface area contributed by atoms with Crippen molar-refractivity contribution in [2.75, 3.05) is 26.7 Å². The monoisotopic (exact) mass is 236 g/mol. The predicted octanol–water partition coefficient (Wildman–Crippen LogP) is 1.87. The fourth-order valence-corrected chi connectivity index (χ4v) is 3.61. The lowest BCUT2D eigenvalue weighted by Crippen LogP contribution is -2.43. The van der Waals surface area contributed by atoms with E-state index in [-0.39, 0.29) is 5.54 Å². The predicted molar refractivity (Wildman–Crippen MR) is 67.8 cm³/mol. The highest BCUT2D eigenvalue weighted by atomic mass is 16.2. The van der Waals surface area contributed by atoms with E-state index in [1.165, 1.54) is 51.7 Å². The Morgan fingerprint density at radius 1 is 1.24 bits per heavy atom. The van der Waals surface area contributed by atoms with E-state index in [1.54, 1.807) is 0 Å². The van der Waals surface area contributed by atoms with Crippen molar-refractivity contribution in [3.8, 4) is 0 Å². The molecule has 0 unspecified atom stereocenters. The number of carbonyl (C=O) groups is 1. The first-order valence-corrected chi connectivity index (χ1v) is 7.19. The minimum atomic E-state index is 0.218. The van der Waals surface area contributed by atoms with Crippen molar-refractivity contribution in [1.29, 1.82) is 0 Å². The Bertz CT molecular complexity index is 313. The topological polar surface area (TPSA) is 23.6 Å². The Balaban J connectivity index is 1.62. The molecule has 1 saturated carbocycles. The van der Waals surface area contributed by atoms with Gasteiger partial charge in [-0.2, -0.15) is 0 Å². The van der Waals surface area contributed by atoms with Crippen LogP contribution in [0.4, 0.5) is 0 Å². The molecule has 1 amide bonds. The van der Waals surface area contributed by atoms with Crippen molar-refractivity contribution >= 4 is 5.91 Å². The largest absolute Gasteiger partial charge is 0.340 e. The van der Waals surface area contributed by atoms with Gasteiger partial charge in [0.05, 0.1) is 0 Å². The first-order chi connectivity index (χ1) is 8.20. The second-order valence-corrected chi connectivity index (χ2v) is 6.27. The van der Waals surface area contributed by atoms with Crippen LogP contribution in [0, 0.1) is 5.92 Å². The van der Waals surface area contributed by atoms with Gasteiger partial charge in [0.2, 0.25) is 5.91 Å². The third kappa shape index (κ3) is 2.22. The Morgan fingerprint density at radius 2 is 2.06 bits per heavy atom. The average Bonchev–Trinajstić information content (AvgIpc) is 3.10. The summed E-state index contributed by atoms with van der Waals surface area (Å²) >= 11 is 0. The van der Waals surface area contributed by atoms with E-state index in [2.05, 4.69) is 9.80 Å². The molecule has 2 saturated heterocycles. The van der Waals surface area contributed by atoms with Crippen LogP contribution in [-0.2, 0) is 4.79 Å². The molecule has 0 N–H and O–H groups in total. The molecule has 0 aromatic carbocycles. The standard InChI is InChI=1S/C14H24N2O/c1-15-13(17)5-7-14(15)6-2-9-16(10-8-14)11-12-3-4-12/h12H,2-11H2,1H3/t14-/m0/s1. The van der Waals surface area contributed by atoms with E-state index >= 15 is 0 Å². The van der Waals surface area contributed by atoms with Crippen LogP contribution < -0.4 is 0 Å². The number of rotatable bonds is 2. The van der Waals surface area contributed by atoms with E-state index in [0.717, 1.165) is 18.8 Å². The molecule has 96 valence electrons. The highest BCUT2D eigenvalue weighted by Gasteiger charge is 2.43. The van der Waals surface area contributed by atoms with Crippen LogP contribution in [0.3, 0.4) is 0 Å². The molecule has 3 nitrogen and oxygen atoms in total. The zero-order chi connectivity index (χ0) is 11.9. The van der Waals surface area contributed by atoms with E-state index in [4.69, 9.17) is 0 Å². The van der Waals surface area contributed by atoms with Crippen LogP contribution in [0.5, 0.6) is 0 Å². The van der Waals surface area contributed by atoms with Crippen LogP contribution in [0.25, 0.3) is 0 Å². The molecule has 3 heteroatoms. The van der Waals surface area contributed by atoms with Gasteiger partial charge >= 0.3 is 0 Å². The average molecular weight is 236 g/mol. The number of hydrogen-bond donors (Lipinski definition) is 0. The third-order valence-electron chi connectivity index (χ3n) is 5.11. The summed E-state index contributed by atoms with van der Waals surface area (Å²) < 4.78 is 0. The normalized spacial score (nSPS) is 35.6. The molecule has 1 aliphatic carbocycles. The molecule has 3 fully saturated rings. The molecule has 1 spiro atoms. The third-order valence-corrected chi connectivity index (χ3v) is 5.11. The van der Waals surface area contributed by atoms with Crippen LogP contribution in [-0.4, -0.2) is 47.9 Å². The Morgan fingerprint density at radius 3 is 2.71 bits per heavy atom. The Hall–Kier alpha value is -0.570. The summed E-state index contributed by atoms with van der Waals surface area (Å²) in [5.74, 6) is 1.35. The molecule has 2 heterocycles. The van der Waals surface area contributed by atoms with Crippen molar-refractivity contribution in [2.24, 2.45) is 5.92 Å². The second kappa shape index (κ2) is 4.27. The molecule has 0 bridgehead atoms. The van der Waals surface area contributed by atoms with Crippen LogP contribution >= 0.6 is 0 Å². The zero-order valence-corrected chi connectivity index (χ0v) is 11.0. The minimum Gasteiger partial charge on any atom is -0.340 e. The summed E-state index contributed by atoms with van der Waals surface area (Å²) in [6.45, 7) is 3.77. The van der Waals surface area contributed by atoms with Gasteiger partial charge in [-0.05, 0) is 51.0 Å².